The molecule has 1 aromatic carbocycles. The quantitative estimate of drug-likeness (QED) is 0.464. The molecule has 20 heavy (non-hydrogen) atoms. The predicted octanol–water partition coefficient (Wildman–Crippen LogP) is 3.48. The molecule has 0 aliphatic carbocycles. The van der Waals surface area contributed by atoms with Crippen molar-refractivity contribution in [3.63, 3.8) is 0 Å². The fraction of sp³-hybridized carbons (Fsp3) is 0.462. The van der Waals surface area contributed by atoms with Crippen LogP contribution in [0.5, 0.6) is 5.75 Å². The zero-order valence-electron chi connectivity index (χ0n) is 11.0. The Balaban J connectivity index is 2.96. The van der Waals surface area contributed by atoms with Crippen molar-refractivity contribution in [3.8, 4) is 11.8 Å². The summed E-state index contributed by atoms with van der Waals surface area (Å²) in [6.07, 6.45) is 0.847. The Morgan fingerprint density at radius 1 is 1.55 bits per heavy atom. The summed E-state index contributed by atoms with van der Waals surface area (Å²) >= 11 is 3.18. The fourth-order valence-corrected chi connectivity index (χ4v) is 2.15. The zero-order chi connectivity index (χ0) is 15.1. The number of nitrogens with zero attached hydrogens (tertiary/aromatic N) is 2. The number of unbranched alkanes of at least 4 members (excludes halogenated alkanes) is 2. The Morgan fingerprint density at radius 3 is 2.80 bits per heavy atom. The molecule has 1 unspecified atom stereocenters. The van der Waals surface area contributed by atoms with Gasteiger partial charge in [-0.15, -0.1) is 0 Å². The Morgan fingerprint density at radius 2 is 2.25 bits per heavy atom. The Labute approximate surface area is 125 Å². The number of hydrogen-bond donors (Lipinski definition) is 1. The summed E-state index contributed by atoms with van der Waals surface area (Å²) < 4.78 is 5.97. The fourth-order valence-electron chi connectivity index (χ4n) is 1.68. The van der Waals surface area contributed by atoms with E-state index in [0.717, 1.165) is 0 Å². The highest BCUT2D eigenvalue weighted by atomic mass is 79.9. The second-order valence-electron chi connectivity index (χ2n) is 4.24. The maximum Gasteiger partial charge on any atom is 0.312 e. The molecule has 0 saturated carbocycles. The van der Waals surface area contributed by atoms with Crippen molar-refractivity contribution in [2.45, 2.75) is 32.3 Å². The molecule has 0 aromatic heterocycles. The molecule has 1 aromatic rings. The minimum absolute atomic E-state index is 0.0881. The van der Waals surface area contributed by atoms with Gasteiger partial charge >= 0.3 is 5.69 Å². The number of nitro groups is 1. The highest BCUT2D eigenvalue weighted by Gasteiger charge is 2.23. The van der Waals surface area contributed by atoms with E-state index in [1.54, 1.807) is 6.07 Å². The summed E-state index contributed by atoms with van der Waals surface area (Å²) in [7, 11) is 0. The average Bonchev–Trinajstić information content (AvgIpc) is 2.38. The highest BCUT2D eigenvalue weighted by molar-refractivity contribution is 9.10. The third kappa shape index (κ3) is 4.47. The van der Waals surface area contributed by atoms with Gasteiger partial charge in [-0.2, -0.15) is 5.26 Å². The van der Waals surface area contributed by atoms with Gasteiger partial charge in [-0.25, -0.2) is 0 Å². The Hall–Kier alpha value is -1.65. The van der Waals surface area contributed by atoms with Crippen LogP contribution in [0, 0.1) is 21.4 Å². The van der Waals surface area contributed by atoms with Crippen LogP contribution in [0.4, 0.5) is 5.69 Å². The summed E-state index contributed by atoms with van der Waals surface area (Å²) in [4.78, 5) is 10.5. The van der Waals surface area contributed by atoms with Crippen molar-refractivity contribution in [1.29, 1.82) is 5.26 Å². The molecule has 0 spiro atoms. The monoisotopic (exact) mass is 342 g/mol. The van der Waals surface area contributed by atoms with Crippen molar-refractivity contribution in [1.82, 2.24) is 0 Å². The lowest BCUT2D eigenvalue weighted by Gasteiger charge is -2.14. The summed E-state index contributed by atoms with van der Waals surface area (Å²) in [5.74, 6) is 0.0881. The van der Waals surface area contributed by atoms with E-state index in [2.05, 4.69) is 15.9 Å². The van der Waals surface area contributed by atoms with Crippen LogP contribution in [-0.4, -0.2) is 16.6 Å². The molecule has 7 heteroatoms. The van der Waals surface area contributed by atoms with Crippen LogP contribution in [0.3, 0.4) is 0 Å². The second-order valence-corrected chi connectivity index (χ2v) is 5.16. The lowest BCUT2D eigenvalue weighted by atomic mass is 10.1. The smallest absolute Gasteiger partial charge is 0.312 e. The van der Waals surface area contributed by atoms with Crippen LogP contribution in [0.25, 0.3) is 0 Å². The molecule has 0 aliphatic rings. The van der Waals surface area contributed by atoms with Gasteiger partial charge in [0.15, 0.2) is 0 Å². The molecule has 6 nitrogen and oxygen atoms in total. The van der Waals surface area contributed by atoms with Gasteiger partial charge in [0.25, 0.3) is 0 Å². The van der Waals surface area contributed by atoms with Crippen LogP contribution in [0.2, 0.25) is 0 Å². The maximum absolute atomic E-state index is 11.1. The zero-order valence-corrected chi connectivity index (χ0v) is 12.6. The number of halogens is 1. The van der Waals surface area contributed by atoms with Crippen LogP contribution in [-0.2, 0) is 0 Å². The molecule has 0 amide bonds. The molecular weight excluding hydrogens is 328 g/mol. The summed E-state index contributed by atoms with van der Waals surface area (Å²) in [5, 5.41) is 29.2. The summed E-state index contributed by atoms with van der Waals surface area (Å²) in [5.41, 5.74) is 0.182. The number of benzene rings is 1. The van der Waals surface area contributed by atoms with Crippen LogP contribution in [0.1, 0.15) is 37.9 Å². The third-order valence-corrected chi connectivity index (χ3v) is 3.10. The van der Waals surface area contributed by atoms with Gasteiger partial charge in [0.2, 0.25) is 5.75 Å². The van der Waals surface area contributed by atoms with Crippen molar-refractivity contribution in [3.05, 3.63) is 32.3 Å². The number of nitro benzene ring substituents is 1. The minimum Gasteiger partial charge on any atom is -0.487 e. The van der Waals surface area contributed by atoms with E-state index in [-0.39, 0.29) is 18.0 Å². The van der Waals surface area contributed by atoms with Gasteiger partial charge in [-0.1, -0.05) is 15.9 Å². The van der Waals surface area contributed by atoms with Gasteiger partial charge in [-0.05, 0) is 25.8 Å². The summed E-state index contributed by atoms with van der Waals surface area (Å²) in [6.45, 7) is 1.79. The van der Waals surface area contributed by atoms with E-state index in [9.17, 15) is 15.2 Å². The predicted molar refractivity (Wildman–Crippen MR) is 76.4 cm³/mol. The third-order valence-electron chi connectivity index (χ3n) is 2.64. The molecule has 1 atom stereocenters. The van der Waals surface area contributed by atoms with Crippen molar-refractivity contribution in [2.24, 2.45) is 0 Å². The first-order chi connectivity index (χ1) is 9.47. The van der Waals surface area contributed by atoms with Gasteiger partial charge in [-0.3, -0.25) is 10.1 Å². The van der Waals surface area contributed by atoms with Crippen molar-refractivity contribution in [2.75, 3.05) is 6.61 Å². The first kappa shape index (κ1) is 16.4. The first-order valence-corrected chi connectivity index (χ1v) is 6.92. The van der Waals surface area contributed by atoms with Gasteiger partial charge in [0.1, 0.15) is 0 Å². The second kappa shape index (κ2) is 7.82. The topological polar surface area (TPSA) is 96.4 Å². The molecule has 0 aliphatic heterocycles. The Kier molecular flexibility index (Phi) is 6.42. The van der Waals surface area contributed by atoms with E-state index >= 15 is 0 Å². The number of nitriles is 1. The number of ether oxygens (including phenoxy) is 1. The molecule has 0 saturated heterocycles. The van der Waals surface area contributed by atoms with Crippen molar-refractivity contribution >= 4 is 21.6 Å². The molecule has 0 bridgehead atoms. The SMILES string of the molecule is CC(O)c1cc(Br)cc([N+](=O)[O-])c1OCCCCC#N. The van der Waals surface area contributed by atoms with Crippen LogP contribution in [0.15, 0.2) is 16.6 Å². The van der Waals surface area contributed by atoms with Crippen LogP contribution >= 0.6 is 15.9 Å². The van der Waals surface area contributed by atoms with E-state index in [0.29, 0.717) is 29.3 Å². The van der Waals surface area contributed by atoms with Crippen molar-refractivity contribution < 1.29 is 14.8 Å². The minimum atomic E-state index is -0.875. The highest BCUT2D eigenvalue weighted by Crippen LogP contribution is 2.37. The lowest BCUT2D eigenvalue weighted by Crippen LogP contribution is -2.05. The number of aliphatic hydroxyl groups is 1. The van der Waals surface area contributed by atoms with Crippen LogP contribution < -0.4 is 4.74 Å². The molecular formula is C13H15BrN2O4. The van der Waals surface area contributed by atoms with Gasteiger partial charge < -0.3 is 9.84 Å². The number of hydrogen-bond acceptors (Lipinski definition) is 5. The Bertz CT molecular complexity index is 526. The standard InChI is InChI=1S/C13H15BrN2O4/c1-9(17)11-7-10(14)8-12(16(18)19)13(11)20-6-4-2-3-5-15/h7-9,17H,2-4,6H2,1H3. The molecule has 0 radical (unpaired) electrons. The normalized spacial score (nSPS) is 11.7. The molecule has 1 N–H and O–H groups in total. The van der Waals surface area contributed by atoms with E-state index < -0.39 is 11.0 Å². The largest absolute Gasteiger partial charge is 0.487 e. The lowest BCUT2D eigenvalue weighted by molar-refractivity contribution is -0.386. The van der Waals surface area contributed by atoms with E-state index in [1.807, 2.05) is 6.07 Å². The molecule has 0 heterocycles. The maximum atomic E-state index is 11.1. The van der Waals surface area contributed by atoms with E-state index in [1.165, 1.54) is 13.0 Å². The molecule has 0 fully saturated rings. The molecule has 1 rings (SSSR count). The van der Waals surface area contributed by atoms with Gasteiger partial charge in [0.05, 0.1) is 23.7 Å². The van der Waals surface area contributed by atoms with Gasteiger partial charge in [0, 0.05) is 22.5 Å². The number of aliphatic hydroxyl groups excluding tert-OH is 1. The average molecular weight is 343 g/mol. The first-order valence-electron chi connectivity index (χ1n) is 6.13. The molecule has 108 valence electrons. The number of rotatable bonds is 7. The van der Waals surface area contributed by atoms with E-state index in [4.69, 9.17) is 10.00 Å². The summed E-state index contributed by atoms with van der Waals surface area (Å²) in [6, 6.07) is 4.97.